The van der Waals surface area contributed by atoms with Crippen LogP contribution in [0.25, 0.3) is 11.0 Å². The number of hydrogen-bond acceptors (Lipinski definition) is 5. The molecule has 1 atom stereocenters. The van der Waals surface area contributed by atoms with Crippen LogP contribution in [0.3, 0.4) is 0 Å². The molecule has 0 radical (unpaired) electrons. The van der Waals surface area contributed by atoms with Crippen molar-refractivity contribution >= 4 is 22.6 Å². The highest BCUT2D eigenvalue weighted by molar-refractivity contribution is 6.10. The van der Waals surface area contributed by atoms with Gasteiger partial charge in [-0.1, -0.05) is 37.6 Å². The zero-order valence-electron chi connectivity index (χ0n) is 19.4. The minimum atomic E-state index is -0.789. The SMILES string of the molecule is CCCCOc1ccc(C2c3c(oc4ccc(F)cc4c3=O)C(=O)N2c2ccccc2)cc1OC. The summed E-state index contributed by atoms with van der Waals surface area (Å²) in [5.41, 5.74) is 1.13. The van der Waals surface area contributed by atoms with Gasteiger partial charge in [0.05, 0.1) is 30.7 Å². The fourth-order valence-corrected chi connectivity index (χ4v) is 4.42. The molecule has 1 aliphatic rings. The average Bonchev–Trinajstić information content (AvgIpc) is 3.17. The highest BCUT2D eigenvalue weighted by Crippen LogP contribution is 2.43. The summed E-state index contributed by atoms with van der Waals surface area (Å²) in [5, 5.41) is 0.0861. The molecule has 4 aromatic rings. The molecule has 1 unspecified atom stereocenters. The van der Waals surface area contributed by atoms with E-state index < -0.39 is 23.2 Å². The predicted octanol–water partition coefficient (Wildman–Crippen LogP) is 5.87. The lowest BCUT2D eigenvalue weighted by Gasteiger charge is -2.26. The van der Waals surface area contributed by atoms with E-state index in [0.29, 0.717) is 29.4 Å². The van der Waals surface area contributed by atoms with Gasteiger partial charge in [0.15, 0.2) is 16.9 Å². The van der Waals surface area contributed by atoms with E-state index in [4.69, 9.17) is 13.9 Å². The number of para-hydroxylation sites is 1. The Bertz CT molecular complexity index is 1460. The lowest BCUT2D eigenvalue weighted by Crippen LogP contribution is -2.29. The maximum absolute atomic E-state index is 14.0. The van der Waals surface area contributed by atoms with Crippen LogP contribution < -0.4 is 19.8 Å². The number of unbranched alkanes of at least 4 members (excludes halogenated alkanes) is 1. The number of hydrogen-bond donors (Lipinski definition) is 0. The number of methoxy groups -OCH3 is 1. The maximum atomic E-state index is 14.0. The third-order valence-electron chi connectivity index (χ3n) is 6.13. The Kier molecular flexibility index (Phi) is 5.99. The van der Waals surface area contributed by atoms with E-state index in [1.54, 1.807) is 31.4 Å². The van der Waals surface area contributed by atoms with Crippen molar-refractivity contribution in [2.75, 3.05) is 18.6 Å². The molecular weight excluding hydrogens is 449 g/mol. The molecule has 1 aliphatic heterocycles. The zero-order valence-corrected chi connectivity index (χ0v) is 19.4. The number of carbonyl (C=O) groups is 1. The molecule has 1 amide bonds. The molecule has 7 heteroatoms. The molecule has 35 heavy (non-hydrogen) atoms. The summed E-state index contributed by atoms with van der Waals surface area (Å²) >= 11 is 0. The number of benzene rings is 3. The van der Waals surface area contributed by atoms with Gasteiger partial charge >= 0.3 is 0 Å². The lowest BCUT2D eigenvalue weighted by molar-refractivity contribution is 0.0971. The summed E-state index contributed by atoms with van der Waals surface area (Å²) in [7, 11) is 1.54. The van der Waals surface area contributed by atoms with Gasteiger partial charge < -0.3 is 13.9 Å². The van der Waals surface area contributed by atoms with Crippen molar-refractivity contribution in [3.8, 4) is 11.5 Å². The van der Waals surface area contributed by atoms with Crippen LogP contribution in [0, 0.1) is 5.82 Å². The normalized spacial score (nSPS) is 14.9. The van der Waals surface area contributed by atoms with Gasteiger partial charge in [-0.2, -0.15) is 0 Å². The molecule has 1 aromatic heterocycles. The summed E-state index contributed by atoms with van der Waals surface area (Å²) in [4.78, 5) is 28.7. The van der Waals surface area contributed by atoms with Gasteiger partial charge in [-0.25, -0.2) is 4.39 Å². The van der Waals surface area contributed by atoms with Crippen LogP contribution in [-0.4, -0.2) is 19.6 Å². The highest BCUT2D eigenvalue weighted by atomic mass is 19.1. The Morgan fingerprint density at radius 2 is 1.80 bits per heavy atom. The molecule has 178 valence electrons. The Morgan fingerprint density at radius 1 is 1.00 bits per heavy atom. The Morgan fingerprint density at radius 3 is 2.54 bits per heavy atom. The third-order valence-corrected chi connectivity index (χ3v) is 6.13. The van der Waals surface area contributed by atoms with Crippen molar-refractivity contribution in [1.29, 1.82) is 0 Å². The van der Waals surface area contributed by atoms with E-state index in [9.17, 15) is 14.0 Å². The van der Waals surface area contributed by atoms with Gasteiger partial charge in [-0.05, 0) is 54.4 Å². The van der Waals surface area contributed by atoms with E-state index in [1.165, 1.54) is 17.0 Å². The van der Waals surface area contributed by atoms with E-state index >= 15 is 0 Å². The van der Waals surface area contributed by atoms with Gasteiger partial charge in [0, 0.05) is 5.69 Å². The average molecular weight is 474 g/mol. The first-order valence-corrected chi connectivity index (χ1v) is 11.5. The number of rotatable bonds is 7. The molecule has 6 nitrogen and oxygen atoms in total. The Labute approximate surface area is 201 Å². The van der Waals surface area contributed by atoms with Crippen molar-refractivity contribution in [2.45, 2.75) is 25.8 Å². The van der Waals surface area contributed by atoms with Gasteiger partial charge in [0.2, 0.25) is 5.76 Å². The number of halogens is 1. The molecule has 0 N–H and O–H groups in total. The fraction of sp³-hybridized carbons (Fsp3) is 0.214. The van der Waals surface area contributed by atoms with Crippen molar-refractivity contribution in [3.05, 3.63) is 99.7 Å². The predicted molar refractivity (Wildman–Crippen MR) is 131 cm³/mol. The number of carbonyl (C=O) groups excluding carboxylic acids is 1. The van der Waals surface area contributed by atoms with Gasteiger partial charge in [0.25, 0.3) is 5.91 Å². The summed E-state index contributed by atoms with van der Waals surface area (Å²) in [6.07, 6.45) is 1.90. The summed E-state index contributed by atoms with van der Waals surface area (Å²) in [6, 6.07) is 17.3. The van der Waals surface area contributed by atoms with E-state index in [1.807, 2.05) is 24.3 Å². The summed E-state index contributed by atoms with van der Waals surface area (Å²) in [5.74, 6) is 0.0182. The van der Waals surface area contributed by atoms with E-state index in [2.05, 4.69) is 6.92 Å². The lowest BCUT2D eigenvalue weighted by atomic mass is 9.97. The van der Waals surface area contributed by atoms with Crippen LogP contribution in [-0.2, 0) is 0 Å². The van der Waals surface area contributed by atoms with Gasteiger partial charge in [-0.15, -0.1) is 0 Å². The Hall–Kier alpha value is -4.13. The molecule has 0 bridgehead atoms. The molecule has 0 spiro atoms. The van der Waals surface area contributed by atoms with Crippen LogP contribution >= 0.6 is 0 Å². The number of ether oxygens (including phenoxy) is 2. The van der Waals surface area contributed by atoms with Crippen LogP contribution in [0.5, 0.6) is 11.5 Å². The number of fused-ring (bicyclic) bond motifs is 2. The van der Waals surface area contributed by atoms with Crippen molar-refractivity contribution < 1.29 is 23.1 Å². The zero-order chi connectivity index (χ0) is 24.5. The van der Waals surface area contributed by atoms with E-state index in [-0.39, 0.29) is 22.3 Å². The summed E-state index contributed by atoms with van der Waals surface area (Å²) < 4.78 is 31.3. The third kappa shape index (κ3) is 3.93. The summed E-state index contributed by atoms with van der Waals surface area (Å²) in [6.45, 7) is 2.63. The number of amides is 1. The van der Waals surface area contributed by atoms with E-state index in [0.717, 1.165) is 18.9 Å². The largest absolute Gasteiger partial charge is 0.493 e. The van der Waals surface area contributed by atoms with Crippen LogP contribution in [0.1, 0.15) is 47.5 Å². The molecule has 5 rings (SSSR count). The number of nitrogens with zero attached hydrogens (tertiary/aromatic N) is 1. The standard InChI is InChI=1S/C28H24FNO5/c1-3-4-14-34-22-12-10-17(15-23(22)33-2)25-24-26(31)20-16-18(29)11-13-21(20)35-27(24)28(32)30(25)19-8-6-5-7-9-19/h5-13,15-16,25H,3-4,14H2,1-2H3. The second kappa shape index (κ2) is 9.25. The second-order valence-electron chi connectivity index (χ2n) is 8.34. The van der Waals surface area contributed by atoms with Crippen molar-refractivity contribution in [1.82, 2.24) is 0 Å². The van der Waals surface area contributed by atoms with Crippen LogP contribution in [0.15, 0.2) is 75.9 Å². The first kappa shape index (κ1) is 22.7. The molecule has 2 heterocycles. The monoisotopic (exact) mass is 473 g/mol. The highest BCUT2D eigenvalue weighted by Gasteiger charge is 2.44. The molecular formula is C28H24FNO5. The minimum Gasteiger partial charge on any atom is -0.493 e. The first-order chi connectivity index (χ1) is 17.0. The van der Waals surface area contributed by atoms with Gasteiger partial charge in [-0.3, -0.25) is 14.5 Å². The molecule has 0 fully saturated rings. The minimum absolute atomic E-state index is 0.0507. The van der Waals surface area contributed by atoms with Crippen molar-refractivity contribution in [3.63, 3.8) is 0 Å². The number of anilines is 1. The first-order valence-electron chi connectivity index (χ1n) is 11.5. The fourth-order valence-electron chi connectivity index (χ4n) is 4.42. The molecule has 0 saturated heterocycles. The quantitative estimate of drug-likeness (QED) is 0.314. The second-order valence-corrected chi connectivity index (χ2v) is 8.34. The van der Waals surface area contributed by atoms with Crippen molar-refractivity contribution in [2.24, 2.45) is 0 Å². The molecule has 0 aliphatic carbocycles. The molecule has 0 saturated carbocycles. The van der Waals surface area contributed by atoms with Crippen LogP contribution in [0.4, 0.5) is 10.1 Å². The molecule has 3 aromatic carbocycles. The maximum Gasteiger partial charge on any atom is 0.295 e. The van der Waals surface area contributed by atoms with Gasteiger partial charge in [0.1, 0.15) is 11.4 Å². The van der Waals surface area contributed by atoms with Crippen LogP contribution in [0.2, 0.25) is 0 Å². The Balaban J connectivity index is 1.71. The topological polar surface area (TPSA) is 69.0 Å². The smallest absolute Gasteiger partial charge is 0.295 e.